The number of hydrogen-bond acceptors (Lipinski definition) is 2. The van der Waals surface area contributed by atoms with Gasteiger partial charge in [-0.25, -0.2) is 0 Å². The second-order valence-electron chi connectivity index (χ2n) is 4.28. The summed E-state index contributed by atoms with van der Waals surface area (Å²) >= 11 is 0. The largest absolute Gasteiger partial charge is 0.401 e. The lowest BCUT2D eigenvalue weighted by Gasteiger charge is -2.30. The van der Waals surface area contributed by atoms with Crippen LogP contribution in [0.1, 0.15) is 19.8 Å². The summed E-state index contributed by atoms with van der Waals surface area (Å²) in [6.07, 6.45) is -2.38. The molecule has 1 heterocycles. The van der Waals surface area contributed by atoms with Crippen LogP contribution in [0, 0.1) is 5.92 Å². The molecule has 1 aliphatic heterocycles. The fourth-order valence-electron chi connectivity index (χ4n) is 1.68. The van der Waals surface area contributed by atoms with Gasteiger partial charge in [0.05, 0.1) is 13.1 Å². The second kappa shape index (κ2) is 5.52. The van der Waals surface area contributed by atoms with Crippen LogP contribution in [0.25, 0.3) is 0 Å². The second-order valence-corrected chi connectivity index (χ2v) is 4.28. The van der Waals surface area contributed by atoms with Gasteiger partial charge < -0.3 is 10.2 Å². The van der Waals surface area contributed by atoms with Crippen molar-refractivity contribution in [3.8, 4) is 0 Å². The van der Waals surface area contributed by atoms with Crippen molar-refractivity contribution in [2.24, 2.45) is 5.92 Å². The number of alkyl halides is 3. The van der Waals surface area contributed by atoms with Crippen LogP contribution < -0.4 is 5.32 Å². The van der Waals surface area contributed by atoms with Crippen molar-refractivity contribution >= 4 is 5.91 Å². The summed E-state index contributed by atoms with van der Waals surface area (Å²) in [6.45, 7) is 2.10. The summed E-state index contributed by atoms with van der Waals surface area (Å²) in [7, 11) is 0. The normalized spacial score (nSPS) is 18.9. The van der Waals surface area contributed by atoms with Gasteiger partial charge in [-0.3, -0.25) is 4.79 Å². The Morgan fingerprint density at radius 2 is 1.94 bits per heavy atom. The molecule has 94 valence electrons. The fraction of sp³-hybridized carbons (Fsp3) is 0.900. The van der Waals surface area contributed by atoms with Crippen molar-refractivity contribution in [3.63, 3.8) is 0 Å². The molecule has 0 saturated carbocycles. The Labute approximate surface area is 93.0 Å². The highest BCUT2D eigenvalue weighted by atomic mass is 19.4. The molecule has 0 radical (unpaired) electrons. The summed E-state index contributed by atoms with van der Waals surface area (Å²) in [5.74, 6) is 0.364. The Morgan fingerprint density at radius 1 is 1.38 bits per heavy atom. The van der Waals surface area contributed by atoms with Crippen LogP contribution in [0.15, 0.2) is 0 Å². The van der Waals surface area contributed by atoms with E-state index in [-0.39, 0.29) is 12.5 Å². The molecule has 0 aliphatic carbocycles. The molecular weight excluding hydrogens is 221 g/mol. The van der Waals surface area contributed by atoms with E-state index in [1.165, 1.54) is 0 Å². The Kier molecular flexibility index (Phi) is 4.58. The lowest BCUT2D eigenvalue weighted by Crippen LogP contribution is -2.44. The quantitative estimate of drug-likeness (QED) is 0.806. The summed E-state index contributed by atoms with van der Waals surface area (Å²) in [5.41, 5.74) is 0. The molecule has 1 N–H and O–H groups in total. The third-order valence-electron chi connectivity index (χ3n) is 2.74. The van der Waals surface area contributed by atoms with E-state index >= 15 is 0 Å². The van der Waals surface area contributed by atoms with Crippen LogP contribution in [-0.4, -0.2) is 43.2 Å². The molecule has 6 heteroatoms. The van der Waals surface area contributed by atoms with E-state index in [4.69, 9.17) is 0 Å². The van der Waals surface area contributed by atoms with Crippen molar-refractivity contribution < 1.29 is 18.0 Å². The summed E-state index contributed by atoms with van der Waals surface area (Å²) in [4.78, 5) is 13.1. The van der Waals surface area contributed by atoms with Crippen LogP contribution >= 0.6 is 0 Å². The third-order valence-corrected chi connectivity index (χ3v) is 2.74. The average molecular weight is 238 g/mol. The molecule has 0 aromatic heterocycles. The molecule has 0 unspecified atom stereocenters. The van der Waals surface area contributed by atoms with E-state index in [2.05, 4.69) is 12.2 Å². The molecule has 1 fully saturated rings. The molecule has 0 atom stereocenters. The molecular formula is C10H17F3N2O. The number of piperidine rings is 1. The first-order chi connectivity index (χ1) is 7.38. The number of likely N-dealkylation sites (tertiary alicyclic amines) is 1. The number of halogens is 3. The number of rotatable bonds is 3. The van der Waals surface area contributed by atoms with Crippen LogP contribution in [0.5, 0.6) is 0 Å². The Morgan fingerprint density at radius 3 is 2.44 bits per heavy atom. The van der Waals surface area contributed by atoms with Crippen molar-refractivity contribution in [1.82, 2.24) is 10.2 Å². The minimum absolute atomic E-state index is 0.228. The number of amides is 1. The molecule has 1 saturated heterocycles. The first-order valence-corrected chi connectivity index (χ1v) is 5.44. The van der Waals surface area contributed by atoms with Gasteiger partial charge in [0.15, 0.2) is 0 Å². The summed E-state index contributed by atoms with van der Waals surface area (Å²) in [6, 6.07) is 0. The first kappa shape index (κ1) is 13.3. The molecule has 1 rings (SSSR count). The lowest BCUT2D eigenvalue weighted by molar-refractivity contribution is -0.135. The predicted molar refractivity (Wildman–Crippen MR) is 53.9 cm³/mol. The van der Waals surface area contributed by atoms with Gasteiger partial charge in [0.2, 0.25) is 5.91 Å². The average Bonchev–Trinajstić information content (AvgIpc) is 2.16. The van der Waals surface area contributed by atoms with Crippen LogP contribution in [0.4, 0.5) is 13.2 Å². The van der Waals surface area contributed by atoms with E-state index in [1.807, 2.05) is 0 Å². The molecule has 3 nitrogen and oxygen atoms in total. The highest BCUT2D eigenvalue weighted by Crippen LogP contribution is 2.16. The van der Waals surface area contributed by atoms with Crippen molar-refractivity contribution in [2.45, 2.75) is 25.9 Å². The maximum absolute atomic E-state index is 11.8. The van der Waals surface area contributed by atoms with Gasteiger partial charge in [-0.05, 0) is 18.8 Å². The minimum Gasteiger partial charge on any atom is -0.342 e. The smallest absolute Gasteiger partial charge is 0.342 e. The topological polar surface area (TPSA) is 32.3 Å². The van der Waals surface area contributed by atoms with Crippen molar-refractivity contribution in [3.05, 3.63) is 0 Å². The van der Waals surface area contributed by atoms with Gasteiger partial charge in [-0.1, -0.05) is 6.92 Å². The van der Waals surface area contributed by atoms with Gasteiger partial charge in [-0.15, -0.1) is 0 Å². The van der Waals surface area contributed by atoms with E-state index in [0.29, 0.717) is 19.0 Å². The number of carbonyl (C=O) groups excluding carboxylic acids is 1. The zero-order chi connectivity index (χ0) is 12.2. The van der Waals surface area contributed by atoms with E-state index in [0.717, 1.165) is 12.8 Å². The molecule has 1 amide bonds. The Bertz CT molecular complexity index is 235. The van der Waals surface area contributed by atoms with Crippen LogP contribution in [0.3, 0.4) is 0 Å². The van der Waals surface area contributed by atoms with Gasteiger partial charge in [0, 0.05) is 13.1 Å². The molecule has 1 aliphatic rings. The van der Waals surface area contributed by atoms with Crippen molar-refractivity contribution in [2.75, 3.05) is 26.2 Å². The van der Waals surface area contributed by atoms with E-state index < -0.39 is 12.7 Å². The Hall–Kier alpha value is -0.780. The number of nitrogens with zero attached hydrogens (tertiary/aromatic N) is 1. The highest BCUT2D eigenvalue weighted by Gasteiger charge is 2.27. The predicted octanol–water partition coefficient (Wildman–Crippen LogP) is 1.40. The molecule has 0 spiro atoms. The fourth-order valence-corrected chi connectivity index (χ4v) is 1.68. The number of nitrogens with one attached hydrogen (secondary N) is 1. The molecule has 0 bridgehead atoms. The third kappa shape index (κ3) is 4.83. The minimum atomic E-state index is -4.25. The van der Waals surface area contributed by atoms with Gasteiger partial charge in [0.1, 0.15) is 0 Å². The van der Waals surface area contributed by atoms with Crippen molar-refractivity contribution in [1.29, 1.82) is 0 Å². The zero-order valence-electron chi connectivity index (χ0n) is 9.31. The molecule has 0 aromatic carbocycles. The molecule has 16 heavy (non-hydrogen) atoms. The maximum atomic E-state index is 11.8. The Balaban J connectivity index is 2.20. The lowest BCUT2D eigenvalue weighted by atomic mass is 9.99. The monoisotopic (exact) mass is 238 g/mol. The zero-order valence-corrected chi connectivity index (χ0v) is 9.31. The van der Waals surface area contributed by atoms with Gasteiger partial charge >= 0.3 is 6.18 Å². The highest BCUT2D eigenvalue weighted by molar-refractivity contribution is 5.78. The van der Waals surface area contributed by atoms with Gasteiger partial charge in [0.25, 0.3) is 0 Å². The maximum Gasteiger partial charge on any atom is 0.401 e. The first-order valence-electron chi connectivity index (χ1n) is 5.44. The SMILES string of the molecule is CC1CCN(C(=O)CNCC(F)(F)F)CC1. The summed E-state index contributed by atoms with van der Waals surface area (Å²) in [5, 5.41) is 2.12. The van der Waals surface area contributed by atoms with Gasteiger partial charge in [-0.2, -0.15) is 13.2 Å². The summed E-state index contributed by atoms with van der Waals surface area (Å²) < 4.78 is 35.4. The number of hydrogen-bond donors (Lipinski definition) is 1. The van der Waals surface area contributed by atoms with E-state index in [9.17, 15) is 18.0 Å². The van der Waals surface area contributed by atoms with E-state index in [1.54, 1.807) is 4.90 Å². The molecule has 0 aromatic rings. The standard InChI is InChI=1S/C10H17F3N2O/c1-8-2-4-15(5-3-8)9(16)6-14-7-10(11,12)13/h8,14H,2-7H2,1H3. The van der Waals surface area contributed by atoms with Crippen LogP contribution in [-0.2, 0) is 4.79 Å². The van der Waals surface area contributed by atoms with Crippen LogP contribution in [0.2, 0.25) is 0 Å². The number of carbonyl (C=O) groups is 1.